The van der Waals surface area contributed by atoms with Gasteiger partial charge in [-0.15, -0.1) is 11.6 Å². The molecule has 5 rings (SSSR count). The maximum absolute atomic E-state index is 13.9. The number of aryl methyl sites for hydroxylation is 2. The Labute approximate surface area is 236 Å². The number of rotatable bonds is 7. The van der Waals surface area contributed by atoms with E-state index in [0.29, 0.717) is 5.56 Å². The number of alkyl halides is 1. The smallest absolute Gasteiger partial charge is 0.339 e. The second-order valence-corrected chi connectivity index (χ2v) is 12.5. The summed E-state index contributed by atoms with van der Waals surface area (Å²) >= 11 is 6.01. The van der Waals surface area contributed by atoms with Crippen molar-refractivity contribution in [3.63, 3.8) is 0 Å². The summed E-state index contributed by atoms with van der Waals surface area (Å²) in [6.45, 7) is 3.58. The van der Waals surface area contributed by atoms with E-state index in [-0.39, 0.29) is 43.7 Å². The Morgan fingerprint density at radius 1 is 0.625 bits per heavy atom. The molecule has 1 aliphatic carbocycles. The predicted molar refractivity (Wildman–Crippen MR) is 147 cm³/mol. The molecule has 4 aromatic carbocycles. The first kappa shape index (κ1) is 27.6. The minimum absolute atomic E-state index is 0.0967. The van der Waals surface area contributed by atoms with Crippen molar-refractivity contribution in [2.45, 2.75) is 29.5 Å². The molecule has 0 heterocycles. The summed E-state index contributed by atoms with van der Waals surface area (Å²) in [5.74, 6) is -2.37. The summed E-state index contributed by atoms with van der Waals surface area (Å²) < 4.78 is 63.0. The Kier molecular flexibility index (Phi) is 7.03. The number of hydrogen-bond donors (Lipinski definition) is 0. The highest BCUT2D eigenvalue weighted by Crippen LogP contribution is 2.40. The molecule has 0 spiro atoms. The molecule has 4 aromatic rings. The fourth-order valence-corrected chi connectivity index (χ4v) is 6.29. The number of carbonyl (C=O) groups excluding carboxylic acids is 2. The van der Waals surface area contributed by atoms with Gasteiger partial charge in [0, 0.05) is 17.0 Å². The number of ketones is 2. The summed E-state index contributed by atoms with van der Waals surface area (Å²) in [5.41, 5.74) is 1.10. The van der Waals surface area contributed by atoms with E-state index in [0.717, 1.165) is 11.1 Å². The van der Waals surface area contributed by atoms with Crippen LogP contribution in [0.3, 0.4) is 0 Å². The number of halogens is 1. The summed E-state index contributed by atoms with van der Waals surface area (Å²) in [6.07, 6.45) is 0. The van der Waals surface area contributed by atoms with Gasteiger partial charge < -0.3 is 8.37 Å². The minimum Gasteiger partial charge on any atom is -0.378 e. The third-order valence-electron chi connectivity index (χ3n) is 6.30. The standard InChI is InChI=1S/C29H21ClO8S2/c1-17-6-10-20(11-7-17)39(33,34)37-24-5-3-4-22-26(24)29(32)27-23(28(22)31)14-19(16-30)15-25(27)38-40(35,36)21-12-8-18(2)9-13-21/h3-15H,16H2,1-2H3. The Balaban J connectivity index is 1.63. The molecule has 0 radical (unpaired) electrons. The average molecular weight is 597 g/mol. The lowest BCUT2D eigenvalue weighted by Crippen LogP contribution is -2.25. The largest absolute Gasteiger partial charge is 0.378 e. The lowest BCUT2D eigenvalue weighted by molar-refractivity contribution is 0.0976. The van der Waals surface area contributed by atoms with E-state index >= 15 is 0 Å². The maximum atomic E-state index is 13.9. The number of fused-ring (bicyclic) bond motifs is 2. The van der Waals surface area contributed by atoms with Crippen molar-refractivity contribution in [1.82, 2.24) is 0 Å². The third-order valence-corrected chi connectivity index (χ3v) is 9.11. The van der Waals surface area contributed by atoms with Crippen LogP contribution in [0.1, 0.15) is 48.5 Å². The van der Waals surface area contributed by atoms with Crippen LogP contribution in [0.4, 0.5) is 0 Å². The molecule has 0 saturated heterocycles. The van der Waals surface area contributed by atoms with Gasteiger partial charge in [0.05, 0.1) is 11.1 Å². The quantitative estimate of drug-likeness (QED) is 0.182. The zero-order valence-corrected chi connectivity index (χ0v) is 23.6. The average Bonchev–Trinajstić information content (AvgIpc) is 2.91. The van der Waals surface area contributed by atoms with Crippen LogP contribution in [0.2, 0.25) is 0 Å². The van der Waals surface area contributed by atoms with E-state index in [1.54, 1.807) is 38.1 Å². The molecule has 0 unspecified atom stereocenters. The Morgan fingerprint density at radius 3 is 1.65 bits per heavy atom. The van der Waals surface area contributed by atoms with Gasteiger partial charge in [-0.3, -0.25) is 9.59 Å². The van der Waals surface area contributed by atoms with Gasteiger partial charge in [0.15, 0.2) is 17.3 Å². The zero-order valence-electron chi connectivity index (χ0n) is 21.2. The first-order chi connectivity index (χ1) is 18.9. The topological polar surface area (TPSA) is 121 Å². The van der Waals surface area contributed by atoms with Crippen LogP contribution in [-0.4, -0.2) is 28.4 Å². The van der Waals surface area contributed by atoms with Gasteiger partial charge in [0.25, 0.3) is 0 Å². The molecule has 0 aromatic heterocycles. The third kappa shape index (κ3) is 5.01. The summed E-state index contributed by atoms with van der Waals surface area (Å²) in [6, 6.07) is 18.4. The highest BCUT2D eigenvalue weighted by molar-refractivity contribution is 7.87. The zero-order chi connectivity index (χ0) is 28.8. The van der Waals surface area contributed by atoms with Crippen molar-refractivity contribution in [3.05, 3.63) is 118 Å². The molecule has 40 heavy (non-hydrogen) atoms. The van der Waals surface area contributed by atoms with E-state index in [9.17, 15) is 26.4 Å². The first-order valence-electron chi connectivity index (χ1n) is 11.9. The minimum atomic E-state index is -4.42. The van der Waals surface area contributed by atoms with Crippen molar-refractivity contribution in [2.24, 2.45) is 0 Å². The highest BCUT2D eigenvalue weighted by atomic mass is 35.5. The molecule has 0 saturated carbocycles. The van der Waals surface area contributed by atoms with E-state index in [1.165, 1.54) is 54.6 Å². The van der Waals surface area contributed by atoms with Crippen LogP contribution >= 0.6 is 11.6 Å². The van der Waals surface area contributed by atoms with Crippen LogP contribution in [-0.2, 0) is 26.1 Å². The van der Waals surface area contributed by atoms with Crippen LogP contribution in [0, 0.1) is 13.8 Å². The van der Waals surface area contributed by atoms with Gasteiger partial charge in [-0.1, -0.05) is 47.5 Å². The lowest BCUT2D eigenvalue weighted by Gasteiger charge is -2.22. The number of hydrogen-bond acceptors (Lipinski definition) is 8. The van der Waals surface area contributed by atoms with Gasteiger partial charge in [-0.05, 0) is 61.9 Å². The molecule has 0 aliphatic heterocycles. The Morgan fingerprint density at radius 2 is 1.12 bits per heavy atom. The van der Waals surface area contributed by atoms with Gasteiger partial charge in [-0.25, -0.2) is 0 Å². The summed E-state index contributed by atoms with van der Waals surface area (Å²) in [5, 5.41) is 0. The van der Waals surface area contributed by atoms with Crippen molar-refractivity contribution < 1.29 is 34.8 Å². The molecule has 0 bridgehead atoms. The second kappa shape index (κ2) is 10.2. The van der Waals surface area contributed by atoms with Crippen molar-refractivity contribution in [2.75, 3.05) is 0 Å². The van der Waals surface area contributed by atoms with Crippen molar-refractivity contribution in [3.8, 4) is 11.5 Å². The van der Waals surface area contributed by atoms with Gasteiger partial charge in [0.2, 0.25) is 5.78 Å². The van der Waals surface area contributed by atoms with E-state index in [4.69, 9.17) is 20.0 Å². The van der Waals surface area contributed by atoms with E-state index in [2.05, 4.69) is 0 Å². The molecule has 8 nitrogen and oxygen atoms in total. The lowest BCUT2D eigenvalue weighted by atomic mass is 9.82. The normalized spacial score (nSPS) is 13.0. The highest BCUT2D eigenvalue weighted by Gasteiger charge is 2.37. The Bertz CT molecular complexity index is 1900. The summed E-state index contributed by atoms with van der Waals surface area (Å²) in [4.78, 5) is 27.2. The van der Waals surface area contributed by atoms with Gasteiger partial charge >= 0.3 is 20.2 Å². The molecular formula is C29H21ClO8S2. The van der Waals surface area contributed by atoms with Gasteiger partial charge in [-0.2, -0.15) is 16.8 Å². The fraction of sp³-hybridized carbons (Fsp3) is 0.103. The molecular weight excluding hydrogens is 576 g/mol. The summed E-state index contributed by atoms with van der Waals surface area (Å²) in [7, 11) is -8.80. The van der Waals surface area contributed by atoms with Crippen molar-refractivity contribution >= 4 is 43.4 Å². The first-order valence-corrected chi connectivity index (χ1v) is 15.2. The van der Waals surface area contributed by atoms with Crippen LogP contribution < -0.4 is 8.37 Å². The molecule has 204 valence electrons. The number of benzene rings is 4. The molecule has 0 fully saturated rings. The predicted octanol–water partition coefficient (Wildman–Crippen LogP) is 5.35. The maximum Gasteiger partial charge on any atom is 0.339 e. The van der Waals surface area contributed by atoms with Crippen LogP contribution in [0.5, 0.6) is 11.5 Å². The molecule has 0 N–H and O–H groups in total. The van der Waals surface area contributed by atoms with E-state index in [1.807, 2.05) is 0 Å². The Hall–Kier alpha value is -3.99. The molecule has 1 aliphatic rings. The van der Waals surface area contributed by atoms with Gasteiger partial charge in [0.1, 0.15) is 9.79 Å². The van der Waals surface area contributed by atoms with Crippen LogP contribution in [0.25, 0.3) is 0 Å². The number of carbonyl (C=O) groups is 2. The van der Waals surface area contributed by atoms with E-state index < -0.39 is 37.6 Å². The monoisotopic (exact) mass is 596 g/mol. The molecule has 0 amide bonds. The fourth-order valence-electron chi connectivity index (χ4n) is 4.27. The molecule has 11 heteroatoms. The second-order valence-electron chi connectivity index (χ2n) is 9.19. The molecule has 0 atom stereocenters. The SMILES string of the molecule is Cc1ccc(S(=O)(=O)Oc2cccc3c2C(=O)c2c(OS(=O)(=O)c4ccc(C)cc4)cc(CCl)cc2C3=O)cc1. The van der Waals surface area contributed by atoms with Crippen LogP contribution in [0.15, 0.2) is 88.7 Å². The van der Waals surface area contributed by atoms with Crippen molar-refractivity contribution in [1.29, 1.82) is 0 Å².